The van der Waals surface area contributed by atoms with Gasteiger partial charge >= 0.3 is 5.97 Å². The summed E-state index contributed by atoms with van der Waals surface area (Å²) < 4.78 is 4.86. The van der Waals surface area contributed by atoms with Gasteiger partial charge in [0.25, 0.3) is 0 Å². The molecule has 3 nitrogen and oxygen atoms in total. The summed E-state index contributed by atoms with van der Waals surface area (Å²) in [6, 6.07) is 1.97. The highest BCUT2D eigenvalue weighted by Crippen LogP contribution is 2.20. The van der Waals surface area contributed by atoms with Gasteiger partial charge in [-0.2, -0.15) is 5.26 Å². The maximum Gasteiger partial charge on any atom is 0.335 e. The van der Waals surface area contributed by atoms with Gasteiger partial charge in [0.1, 0.15) is 5.76 Å². The smallest absolute Gasteiger partial charge is 0.335 e. The van der Waals surface area contributed by atoms with Crippen LogP contribution in [0.5, 0.6) is 0 Å². The van der Waals surface area contributed by atoms with E-state index in [9.17, 15) is 4.79 Å². The molecule has 0 radical (unpaired) electrons. The first kappa shape index (κ1) is 9.62. The van der Waals surface area contributed by atoms with Crippen molar-refractivity contribution in [3.8, 4) is 6.07 Å². The molecule has 66 valence electrons. The fraction of sp³-hybridized carbons (Fsp3) is 0.111. The molecule has 0 aromatic rings. The van der Waals surface area contributed by atoms with E-state index in [4.69, 9.17) is 10.00 Å². The fourth-order valence-corrected chi connectivity index (χ4v) is 1.44. The van der Waals surface area contributed by atoms with Crippen molar-refractivity contribution < 1.29 is 9.53 Å². The lowest BCUT2D eigenvalue weighted by atomic mass is 10.3. The third-order valence-electron chi connectivity index (χ3n) is 1.28. The summed E-state index contributed by atoms with van der Waals surface area (Å²) in [7, 11) is 0. The molecule has 4 heteroatoms. The number of nitriles is 1. The molecule has 0 saturated carbocycles. The van der Waals surface area contributed by atoms with E-state index in [-0.39, 0.29) is 0 Å². The second-order valence-corrected chi connectivity index (χ2v) is 3.09. The standard InChI is InChI=1S/C9H7NO2S/c1-2-9(11)12-8-3-7(4-10)5-13-6-8/h2-3,5H,1,6H2. The number of thioether (sulfide) groups is 1. The van der Waals surface area contributed by atoms with Crippen molar-refractivity contribution >= 4 is 17.7 Å². The Morgan fingerprint density at radius 3 is 3.23 bits per heavy atom. The zero-order chi connectivity index (χ0) is 9.68. The van der Waals surface area contributed by atoms with Crippen molar-refractivity contribution in [3.63, 3.8) is 0 Å². The fourth-order valence-electron chi connectivity index (χ4n) is 0.751. The molecule has 0 unspecified atom stereocenters. The van der Waals surface area contributed by atoms with Gasteiger partial charge in [-0.05, 0) is 11.5 Å². The molecule has 0 spiro atoms. The van der Waals surface area contributed by atoms with Gasteiger partial charge in [0.2, 0.25) is 0 Å². The molecule has 1 aliphatic heterocycles. The molecule has 0 bridgehead atoms. The zero-order valence-corrected chi connectivity index (χ0v) is 7.63. The summed E-state index contributed by atoms with van der Waals surface area (Å²) >= 11 is 1.42. The number of carbonyl (C=O) groups excluding carboxylic acids is 1. The van der Waals surface area contributed by atoms with E-state index in [0.29, 0.717) is 17.1 Å². The quantitative estimate of drug-likeness (QED) is 0.495. The highest BCUT2D eigenvalue weighted by molar-refractivity contribution is 8.02. The maximum atomic E-state index is 10.8. The van der Waals surface area contributed by atoms with Crippen molar-refractivity contribution in [2.75, 3.05) is 5.75 Å². The third-order valence-corrected chi connectivity index (χ3v) is 2.15. The number of allylic oxidation sites excluding steroid dienone is 2. The Bertz CT molecular complexity index is 336. The Hall–Kier alpha value is -1.47. The molecule has 0 aliphatic carbocycles. The normalized spacial score (nSPS) is 15.0. The van der Waals surface area contributed by atoms with E-state index >= 15 is 0 Å². The van der Waals surface area contributed by atoms with Crippen LogP contribution in [-0.2, 0) is 9.53 Å². The number of hydrogen-bond acceptors (Lipinski definition) is 4. The van der Waals surface area contributed by atoms with Crippen LogP contribution in [0.4, 0.5) is 0 Å². The van der Waals surface area contributed by atoms with E-state index in [2.05, 4.69) is 6.58 Å². The summed E-state index contributed by atoms with van der Waals surface area (Å²) in [6.45, 7) is 3.28. The Labute approximate surface area is 80.4 Å². The molecule has 0 fully saturated rings. The number of hydrogen-bond donors (Lipinski definition) is 0. The summed E-state index contributed by atoms with van der Waals surface area (Å²) in [5, 5.41) is 10.3. The Morgan fingerprint density at radius 1 is 1.85 bits per heavy atom. The second kappa shape index (κ2) is 4.53. The first-order valence-electron chi connectivity index (χ1n) is 3.53. The molecule has 0 amide bonds. The van der Waals surface area contributed by atoms with E-state index in [1.165, 1.54) is 11.8 Å². The lowest BCUT2D eigenvalue weighted by Gasteiger charge is -2.08. The van der Waals surface area contributed by atoms with Crippen LogP contribution in [0.25, 0.3) is 0 Å². The zero-order valence-electron chi connectivity index (χ0n) is 6.82. The molecule has 0 atom stereocenters. The number of nitrogens with zero attached hydrogens (tertiary/aromatic N) is 1. The SMILES string of the molecule is C=CC(=O)OC1=CC(C#N)=CSC1. The van der Waals surface area contributed by atoms with Gasteiger partial charge in [-0.25, -0.2) is 4.79 Å². The minimum atomic E-state index is -0.494. The van der Waals surface area contributed by atoms with Gasteiger partial charge in [0, 0.05) is 6.08 Å². The molecule has 1 aliphatic rings. The number of esters is 1. The molecule has 0 N–H and O–H groups in total. The highest BCUT2D eigenvalue weighted by Gasteiger charge is 2.08. The van der Waals surface area contributed by atoms with Gasteiger partial charge in [-0.1, -0.05) is 6.58 Å². The van der Waals surface area contributed by atoms with Crippen LogP contribution >= 0.6 is 11.8 Å². The minimum Gasteiger partial charge on any atom is -0.427 e. The Morgan fingerprint density at radius 2 is 2.62 bits per heavy atom. The molecule has 0 saturated heterocycles. The van der Waals surface area contributed by atoms with Crippen molar-refractivity contribution in [2.45, 2.75) is 0 Å². The largest absolute Gasteiger partial charge is 0.427 e. The first-order valence-corrected chi connectivity index (χ1v) is 4.58. The van der Waals surface area contributed by atoms with Crippen molar-refractivity contribution in [3.05, 3.63) is 35.5 Å². The molecule has 13 heavy (non-hydrogen) atoms. The molecule has 1 rings (SSSR count). The van der Waals surface area contributed by atoms with Crippen LogP contribution in [0.1, 0.15) is 0 Å². The van der Waals surface area contributed by atoms with Crippen molar-refractivity contribution in [1.82, 2.24) is 0 Å². The number of rotatable bonds is 2. The minimum absolute atomic E-state index is 0.494. The van der Waals surface area contributed by atoms with Crippen LogP contribution in [-0.4, -0.2) is 11.7 Å². The third kappa shape index (κ3) is 2.80. The lowest BCUT2D eigenvalue weighted by molar-refractivity contribution is -0.133. The average Bonchev–Trinajstić information content (AvgIpc) is 2.18. The van der Waals surface area contributed by atoms with Gasteiger partial charge in [0.15, 0.2) is 0 Å². The predicted octanol–water partition coefficient (Wildman–Crippen LogP) is 1.75. The summed E-state index contributed by atoms with van der Waals surface area (Å²) in [6.07, 6.45) is 2.65. The monoisotopic (exact) mass is 193 g/mol. The van der Waals surface area contributed by atoms with Crippen LogP contribution in [0.2, 0.25) is 0 Å². The summed E-state index contributed by atoms with van der Waals surface area (Å²) in [5.74, 6) is 0.574. The molecular formula is C9H7NO2S. The van der Waals surface area contributed by atoms with Gasteiger partial charge in [0.05, 0.1) is 17.4 Å². The predicted molar refractivity (Wildman–Crippen MR) is 50.5 cm³/mol. The number of carbonyl (C=O) groups is 1. The average molecular weight is 193 g/mol. The topological polar surface area (TPSA) is 50.1 Å². The van der Waals surface area contributed by atoms with Crippen LogP contribution in [0, 0.1) is 11.3 Å². The number of ether oxygens (including phenoxy) is 1. The van der Waals surface area contributed by atoms with E-state index < -0.39 is 5.97 Å². The molecular weight excluding hydrogens is 186 g/mol. The molecule has 1 heterocycles. The van der Waals surface area contributed by atoms with E-state index in [0.717, 1.165) is 6.08 Å². The van der Waals surface area contributed by atoms with Crippen LogP contribution in [0.15, 0.2) is 35.5 Å². The second-order valence-electron chi connectivity index (χ2n) is 2.23. The first-order chi connectivity index (χ1) is 6.26. The van der Waals surface area contributed by atoms with Crippen molar-refractivity contribution in [1.29, 1.82) is 5.26 Å². The maximum absolute atomic E-state index is 10.8. The van der Waals surface area contributed by atoms with Crippen LogP contribution < -0.4 is 0 Å². The van der Waals surface area contributed by atoms with E-state index in [1.54, 1.807) is 11.5 Å². The van der Waals surface area contributed by atoms with E-state index in [1.807, 2.05) is 6.07 Å². The van der Waals surface area contributed by atoms with Gasteiger partial charge in [-0.3, -0.25) is 0 Å². The Balaban J connectivity index is 2.67. The van der Waals surface area contributed by atoms with Crippen LogP contribution in [0.3, 0.4) is 0 Å². The highest BCUT2D eigenvalue weighted by atomic mass is 32.2. The van der Waals surface area contributed by atoms with Crippen molar-refractivity contribution in [2.24, 2.45) is 0 Å². The van der Waals surface area contributed by atoms with Gasteiger partial charge in [-0.15, -0.1) is 11.8 Å². The summed E-state index contributed by atoms with van der Waals surface area (Å²) in [5.41, 5.74) is 0.503. The molecule has 0 aromatic heterocycles. The summed E-state index contributed by atoms with van der Waals surface area (Å²) in [4.78, 5) is 10.8. The van der Waals surface area contributed by atoms with Gasteiger partial charge < -0.3 is 4.74 Å². The molecule has 0 aromatic carbocycles. The Kier molecular flexibility index (Phi) is 3.35. The lowest BCUT2D eigenvalue weighted by Crippen LogP contribution is -2.04.